The fourth-order valence-electron chi connectivity index (χ4n) is 3.76. The molecule has 0 fully saturated rings. The van der Waals surface area contributed by atoms with Crippen molar-refractivity contribution in [2.75, 3.05) is 39.6 Å². The zero-order valence-electron chi connectivity index (χ0n) is 18.4. The van der Waals surface area contributed by atoms with Crippen LogP contribution in [-0.2, 0) is 0 Å². The van der Waals surface area contributed by atoms with Crippen LogP contribution < -0.4 is 20.7 Å². The van der Waals surface area contributed by atoms with Crippen molar-refractivity contribution in [1.82, 2.24) is 15.6 Å². The van der Waals surface area contributed by atoms with Gasteiger partial charge < -0.3 is 20.7 Å². The number of para-hydroxylation sites is 1. The number of nitrogens with one attached hydrogen (secondary N) is 3. The minimum atomic E-state index is 0.573. The molecule has 3 aromatic rings. The quantitative estimate of drug-likeness (QED) is 0.381. The maximum atomic E-state index is 5.28. The third-order valence-electron chi connectivity index (χ3n) is 5.53. The molecule has 0 saturated carbocycles. The van der Waals surface area contributed by atoms with Crippen LogP contribution in [0.2, 0.25) is 0 Å². The summed E-state index contributed by atoms with van der Waals surface area (Å²) in [7, 11) is 5.76. The number of hydrogen-bond acceptors (Lipinski definition) is 5. The van der Waals surface area contributed by atoms with Crippen molar-refractivity contribution in [1.29, 1.82) is 0 Å². The predicted octanol–water partition coefficient (Wildman–Crippen LogP) is 4.69. The van der Waals surface area contributed by atoms with Gasteiger partial charge in [0, 0.05) is 29.2 Å². The topological polar surface area (TPSA) is 58.2 Å². The zero-order valence-corrected chi connectivity index (χ0v) is 18.4. The third-order valence-corrected chi connectivity index (χ3v) is 5.53. The molecule has 2 aromatic carbocycles. The number of nitrogens with zero attached hydrogens (tertiary/aromatic N) is 1. The minimum absolute atomic E-state index is 0.573. The van der Waals surface area contributed by atoms with Crippen molar-refractivity contribution in [3.8, 4) is 17.0 Å². The largest absolute Gasteiger partial charge is 0.497 e. The Balaban J connectivity index is 1.69. The van der Waals surface area contributed by atoms with Gasteiger partial charge in [0.2, 0.25) is 0 Å². The Bertz CT molecular complexity index is 911. The Labute approximate surface area is 180 Å². The van der Waals surface area contributed by atoms with Crippen LogP contribution in [0.25, 0.3) is 22.2 Å². The highest BCUT2D eigenvalue weighted by atomic mass is 16.5. The Hall–Kier alpha value is -2.63. The summed E-state index contributed by atoms with van der Waals surface area (Å²) in [5.74, 6) is 0.853. The first-order valence-electron chi connectivity index (χ1n) is 10.8. The van der Waals surface area contributed by atoms with Gasteiger partial charge in [-0.25, -0.2) is 4.98 Å². The third kappa shape index (κ3) is 5.94. The monoisotopic (exact) mass is 406 g/mol. The lowest BCUT2D eigenvalue weighted by atomic mass is 10.1. The molecule has 5 heteroatoms. The molecule has 0 aliphatic rings. The second-order valence-electron chi connectivity index (χ2n) is 7.60. The van der Waals surface area contributed by atoms with E-state index in [4.69, 9.17) is 9.72 Å². The van der Waals surface area contributed by atoms with Gasteiger partial charge in [-0.1, -0.05) is 18.2 Å². The molecule has 1 heterocycles. The van der Waals surface area contributed by atoms with Crippen molar-refractivity contribution in [2.45, 2.75) is 31.7 Å². The fraction of sp³-hybridized carbons (Fsp3) is 0.400. The molecule has 0 saturated heterocycles. The van der Waals surface area contributed by atoms with Gasteiger partial charge in [0.25, 0.3) is 0 Å². The molecular weight excluding hydrogens is 372 g/mol. The molecule has 160 valence electrons. The standard InChI is InChI=1S/C25H34N4O/c1-26-16-6-8-20(27-2)9-7-17-28-25-18-24(19-12-14-21(30-3)15-13-19)29-23-11-5-4-10-22(23)25/h4-5,10-15,18,20,26-27H,6-9,16-17H2,1-3H3,(H,28,29). The van der Waals surface area contributed by atoms with E-state index in [1.807, 2.05) is 25.2 Å². The summed E-state index contributed by atoms with van der Waals surface area (Å²) in [6, 6.07) is 19.1. The molecule has 1 aromatic heterocycles. The van der Waals surface area contributed by atoms with E-state index in [0.717, 1.165) is 53.1 Å². The van der Waals surface area contributed by atoms with Crippen LogP contribution in [0, 0.1) is 0 Å². The SMILES string of the molecule is CNCCCC(CCCNc1cc(-c2ccc(OC)cc2)nc2ccccc12)NC. The first-order chi connectivity index (χ1) is 14.7. The Kier molecular flexibility index (Phi) is 8.48. The lowest BCUT2D eigenvalue weighted by molar-refractivity contribution is 0.415. The van der Waals surface area contributed by atoms with Crippen molar-refractivity contribution in [3.63, 3.8) is 0 Å². The minimum Gasteiger partial charge on any atom is -0.497 e. The summed E-state index contributed by atoms with van der Waals surface area (Å²) in [4.78, 5) is 4.88. The van der Waals surface area contributed by atoms with E-state index in [1.54, 1.807) is 7.11 Å². The average molecular weight is 407 g/mol. The van der Waals surface area contributed by atoms with Crippen LogP contribution in [0.5, 0.6) is 5.75 Å². The summed E-state index contributed by atoms with van der Waals surface area (Å²) < 4.78 is 5.28. The molecule has 30 heavy (non-hydrogen) atoms. The van der Waals surface area contributed by atoms with Gasteiger partial charge in [0.05, 0.1) is 18.3 Å². The van der Waals surface area contributed by atoms with Gasteiger partial charge in [0.15, 0.2) is 0 Å². The number of methoxy groups -OCH3 is 1. The molecule has 0 aliphatic heterocycles. The predicted molar refractivity (Wildman–Crippen MR) is 127 cm³/mol. The number of ether oxygens (including phenoxy) is 1. The van der Waals surface area contributed by atoms with E-state index in [-0.39, 0.29) is 0 Å². The second-order valence-corrected chi connectivity index (χ2v) is 7.60. The number of pyridine rings is 1. The Morgan fingerprint density at radius 3 is 2.37 bits per heavy atom. The van der Waals surface area contributed by atoms with Crippen LogP contribution in [0.3, 0.4) is 0 Å². The summed E-state index contributed by atoms with van der Waals surface area (Å²) in [5.41, 5.74) is 4.21. The lowest BCUT2D eigenvalue weighted by Crippen LogP contribution is -2.27. The summed E-state index contributed by atoms with van der Waals surface area (Å²) >= 11 is 0. The van der Waals surface area contributed by atoms with Gasteiger partial charge in [-0.05, 0) is 82.7 Å². The van der Waals surface area contributed by atoms with E-state index < -0.39 is 0 Å². The smallest absolute Gasteiger partial charge is 0.118 e. The molecule has 0 spiro atoms. The van der Waals surface area contributed by atoms with Crippen LogP contribution >= 0.6 is 0 Å². The number of aromatic nitrogens is 1. The molecule has 0 radical (unpaired) electrons. The molecule has 0 amide bonds. The second kappa shape index (κ2) is 11.5. The van der Waals surface area contributed by atoms with Crippen LogP contribution in [0.15, 0.2) is 54.6 Å². The zero-order chi connectivity index (χ0) is 21.2. The van der Waals surface area contributed by atoms with Gasteiger partial charge in [-0.2, -0.15) is 0 Å². The first kappa shape index (κ1) is 22.1. The highest BCUT2D eigenvalue weighted by Crippen LogP contribution is 2.29. The number of benzene rings is 2. The number of rotatable bonds is 12. The van der Waals surface area contributed by atoms with Crippen LogP contribution in [0.4, 0.5) is 5.69 Å². The molecule has 0 bridgehead atoms. The average Bonchev–Trinajstić information content (AvgIpc) is 2.80. The molecular formula is C25H34N4O. The number of hydrogen-bond donors (Lipinski definition) is 3. The van der Waals surface area contributed by atoms with Crippen molar-refractivity contribution >= 4 is 16.6 Å². The highest BCUT2D eigenvalue weighted by molar-refractivity contribution is 5.93. The lowest BCUT2D eigenvalue weighted by Gasteiger charge is -2.17. The van der Waals surface area contributed by atoms with Crippen LogP contribution in [-0.4, -0.2) is 45.3 Å². The number of anilines is 1. The first-order valence-corrected chi connectivity index (χ1v) is 10.8. The fourth-order valence-corrected chi connectivity index (χ4v) is 3.76. The van der Waals surface area contributed by atoms with Gasteiger partial charge in [-0.3, -0.25) is 0 Å². The highest BCUT2D eigenvalue weighted by Gasteiger charge is 2.09. The Morgan fingerprint density at radius 2 is 1.67 bits per heavy atom. The van der Waals surface area contributed by atoms with E-state index in [0.29, 0.717) is 6.04 Å². The molecule has 5 nitrogen and oxygen atoms in total. The number of fused-ring (bicyclic) bond motifs is 1. The molecule has 3 N–H and O–H groups in total. The van der Waals surface area contributed by atoms with E-state index in [1.165, 1.54) is 19.3 Å². The summed E-state index contributed by atoms with van der Waals surface area (Å²) in [6.07, 6.45) is 4.70. The van der Waals surface area contributed by atoms with Gasteiger partial charge in [0.1, 0.15) is 5.75 Å². The van der Waals surface area contributed by atoms with Crippen molar-refractivity contribution in [2.24, 2.45) is 0 Å². The molecule has 0 aliphatic carbocycles. The maximum Gasteiger partial charge on any atom is 0.118 e. The Morgan fingerprint density at radius 1 is 0.933 bits per heavy atom. The summed E-state index contributed by atoms with van der Waals surface area (Å²) in [5, 5.41) is 11.5. The maximum absolute atomic E-state index is 5.28. The normalized spacial score (nSPS) is 12.1. The molecule has 1 atom stereocenters. The van der Waals surface area contributed by atoms with Gasteiger partial charge >= 0.3 is 0 Å². The van der Waals surface area contributed by atoms with E-state index in [2.05, 4.69) is 59.4 Å². The summed E-state index contributed by atoms with van der Waals surface area (Å²) in [6.45, 7) is 2.02. The van der Waals surface area contributed by atoms with Crippen molar-refractivity contribution < 1.29 is 4.74 Å². The van der Waals surface area contributed by atoms with Crippen LogP contribution in [0.1, 0.15) is 25.7 Å². The van der Waals surface area contributed by atoms with Gasteiger partial charge in [-0.15, -0.1) is 0 Å². The van der Waals surface area contributed by atoms with E-state index in [9.17, 15) is 0 Å². The molecule has 3 rings (SSSR count). The van der Waals surface area contributed by atoms with Crippen molar-refractivity contribution in [3.05, 3.63) is 54.6 Å². The van der Waals surface area contributed by atoms with E-state index >= 15 is 0 Å². The molecule has 1 unspecified atom stereocenters.